The second-order valence-electron chi connectivity index (χ2n) is 3.77. The number of benzene rings is 1. The molecule has 0 aliphatic rings. The lowest BCUT2D eigenvalue weighted by molar-refractivity contribution is -0.384. The van der Waals surface area contributed by atoms with Gasteiger partial charge in [-0.1, -0.05) is 12.1 Å². The molecule has 1 heterocycles. The number of primary amides is 1. The first-order valence-electron chi connectivity index (χ1n) is 5.42. The minimum atomic E-state index is -0.653. The Balaban J connectivity index is 2.30. The fraction of sp³-hybridized carbons (Fsp3) is 0.0909. The third-order valence-corrected chi connectivity index (χ3v) is 4.41. The number of non-ortho nitro benzene ring substituents is 1. The van der Waals surface area contributed by atoms with E-state index < -0.39 is 11.0 Å². The number of hydrogen-bond donors (Lipinski definition) is 2. The minimum absolute atomic E-state index is 0.0276. The first-order chi connectivity index (χ1) is 9.47. The largest absolute Gasteiger partial charge is 0.351 e. The van der Waals surface area contributed by atoms with Crippen LogP contribution in [0.4, 0.5) is 10.5 Å². The SMILES string of the molecule is Cc1nc(SNC(N)=O)sc1-c1cccc([N+](=O)[O-])c1. The van der Waals surface area contributed by atoms with E-state index in [1.54, 1.807) is 19.1 Å². The zero-order valence-electron chi connectivity index (χ0n) is 10.3. The highest BCUT2D eigenvalue weighted by atomic mass is 32.2. The summed E-state index contributed by atoms with van der Waals surface area (Å²) in [5.74, 6) is 0. The maximum atomic E-state index is 10.8. The molecule has 104 valence electrons. The Morgan fingerprint density at radius 3 is 2.95 bits per heavy atom. The number of nitro benzene ring substituents is 1. The zero-order chi connectivity index (χ0) is 14.7. The van der Waals surface area contributed by atoms with E-state index >= 15 is 0 Å². The van der Waals surface area contributed by atoms with Crippen LogP contribution in [0, 0.1) is 17.0 Å². The summed E-state index contributed by atoms with van der Waals surface area (Å²) in [4.78, 5) is 26.1. The Bertz CT molecular complexity index is 671. The predicted octanol–water partition coefficient (Wildman–Crippen LogP) is 2.70. The van der Waals surface area contributed by atoms with Crippen LogP contribution in [-0.2, 0) is 0 Å². The fourth-order valence-electron chi connectivity index (χ4n) is 1.54. The van der Waals surface area contributed by atoms with Gasteiger partial charge in [0.1, 0.15) is 0 Å². The first-order valence-corrected chi connectivity index (χ1v) is 7.05. The molecule has 0 radical (unpaired) electrons. The maximum absolute atomic E-state index is 10.8. The van der Waals surface area contributed by atoms with Gasteiger partial charge >= 0.3 is 6.03 Å². The van der Waals surface area contributed by atoms with E-state index in [4.69, 9.17) is 5.73 Å². The number of amides is 2. The van der Waals surface area contributed by atoms with Crippen LogP contribution in [0.15, 0.2) is 28.6 Å². The Morgan fingerprint density at radius 1 is 1.55 bits per heavy atom. The molecule has 0 atom stereocenters. The molecule has 2 rings (SSSR count). The lowest BCUT2D eigenvalue weighted by Gasteiger charge is -1.98. The number of aromatic nitrogens is 1. The Hall–Kier alpha value is -2.13. The van der Waals surface area contributed by atoms with Crippen molar-refractivity contribution in [1.29, 1.82) is 0 Å². The van der Waals surface area contributed by atoms with Crippen molar-refractivity contribution < 1.29 is 9.72 Å². The van der Waals surface area contributed by atoms with Gasteiger partial charge in [0.15, 0.2) is 4.34 Å². The molecule has 1 aromatic heterocycles. The van der Waals surface area contributed by atoms with E-state index in [1.807, 2.05) is 0 Å². The average Bonchev–Trinajstić information content (AvgIpc) is 2.78. The van der Waals surface area contributed by atoms with Crippen molar-refractivity contribution in [1.82, 2.24) is 9.71 Å². The van der Waals surface area contributed by atoms with Crippen molar-refractivity contribution in [2.75, 3.05) is 0 Å². The van der Waals surface area contributed by atoms with Gasteiger partial charge in [-0.15, -0.1) is 11.3 Å². The molecule has 7 nitrogen and oxygen atoms in total. The molecule has 2 aromatic rings. The standard InChI is InChI=1S/C11H10N4O3S2/c1-6-9(19-11(13-6)20-14-10(12)16)7-3-2-4-8(5-7)15(17)18/h2-5H,1H3,(H3,12,14,16). The molecule has 0 saturated heterocycles. The number of carbonyl (C=O) groups excluding carboxylic acids is 1. The highest BCUT2D eigenvalue weighted by Gasteiger charge is 2.13. The summed E-state index contributed by atoms with van der Waals surface area (Å²) in [6.07, 6.45) is 0. The van der Waals surface area contributed by atoms with E-state index in [-0.39, 0.29) is 5.69 Å². The lowest BCUT2D eigenvalue weighted by Crippen LogP contribution is -2.22. The van der Waals surface area contributed by atoms with Crippen molar-refractivity contribution >= 4 is 35.0 Å². The van der Waals surface area contributed by atoms with Gasteiger partial charge in [-0.05, 0) is 6.92 Å². The quantitative estimate of drug-likeness (QED) is 0.512. The molecule has 1 aromatic carbocycles. The molecule has 2 amide bonds. The summed E-state index contributed by atoms with van der Waals surface area (Å²) < 4.78 is 2.99. The second-order valence-corrected chi connectivity index (χ2v) is 5.82. The minimum Gasteiger partial charge on any atom is -0.351 e. The van der Waals surface area contributed by atoms with Gasteiger partial charge in [0, 0.05) is 29.6 Å². The van der Waals surface area contributed by atoms with Gasteiger partial charge in [0.05, 0.1) is 15.5 Å². The third kappa shape index (κ3) is 3.25. The molecule has 0 bridgehead atoms. The summed E-state index contributed by atoms with van der Waals surface area (Å²) in [6.45, 7) is 1.80. The Morgan fingerprint density at radius 2 is 2.30 bits per heavy atom. The number of thiazole rings is 1. The van der Waals surface area contributed by atoms with Crippen LogP contribution in [0.5, 0.6) is 0 Å². The van der Waals surface area contributed by atoms with E-state index in [9.17, 15) is 14.9 Å². The monoisotopic (exact) mass is 310 g/mol. The molecule has 0 unspecified atom stereocenters. The zero-order valence-corrected chi connectivity index (χ0v) is 12.0. The van der Waals surface area contributed by atoms with Gasteiger partial charge < -0.3 is 5.73 Å². The van der Waals surface area contributed by atoms with Crippen LogP contribution in [0.25, 0.3) is 10.4 Å². The van der Waals surface area contributed by atoms with Gasteiger partial charge in [-0.3, -0.25) is 14.8 Å². The highest BCUT2D eigenvalue weighted by molar-refractivity contribution is 7.99. The second kappa shape index (κ2) is 5.88. The number of nitrogens with two attached hydrogens (primary N) is 1. The van der Waals surface area contributed by atoms with Crippen LogP contribution < -0.4 is 10.5 Å². The van der Waals surface area contributed by atoms with Crippen molar-refractivity contribution in [3.63, 3.8) is 0 Å². The van der Waals surface area contributed by atoms with E-state index in [1.165, 1.54) is 23.5 Å². The van der Waals surface area contributed by atoms with Gasteiger partial charge in [-0.25, -0.2) is 9.78 Å². The van der Waals surface area contributed by atoms with Crippen LogP contribution in [0.3, 0.4) is 0 Å². The number of nitro groups is 1. The molecular weight excluding hydrogens is 300 g/mol. The number of aryl methyl sites for hydroxylation is 1. The number of urea groups is 1. The topological polar surface area (TPSA) is 111 Å². The van der Waals surface area contributed by atoms with Crippen LogP contribution >= 0.6 is 23.3 Å². The van der Waals surface area contributed by atoms with E-state index in [0.29, 0.717) is 4.34 Å². The smallest absolute Gasteiger partial charge is 0.322 e. The Labute approximate surface area is 122 Å². The number of rotatable bonds is 4. The normalized spacial score (nSPS) is 10.2. The molecule has 3 N–H and O–H groups in total. The summed E-state index contributed by atoms with van der Waals surface area (Å²) >= 11 is 2.35. The summed E-state index contributed by atoms with van der Waals surface area (Å²) in [5, 5.41) is 10.8. The van der Waals surface area contributed by atoms with Gasteiger partial charge in [0.25, 0.3) is 5.69 Å². The number of nitrogens with zero attached hydrogens (tertiary/aromatic N) is 2. The molecule has 0 aliphatic heterocycles. The molecule has 0 fully saturated rings. The number of hydrogen-bond acceptors (Lipinski definition) is 6. The molecular formula is C11H10N4O3S2. The number of nitrogens with one attached hydrogen (secondary N) is 1. The van der Waals surface area contributed by atoms with Crippen molar-refractivity contribution in [2.45, 2.75) is 11.3 Å². The maximum Gasteiger partial charge on any atom is 0.322 e. The van der Waals surface area contributed by atoms with Crippen molar-refractivity contribution in [3.05, 3.63) is 40.1 Å². The van der Waals surface area contributed by atoms with Crippen LogP contribution in [0.2, 0.25) is 0 Å². The fourth-order valence-corrected chi connectivity index (χ4v) is 3.25. The molecule has 9 heteroatoms. The Kier molecular flexibility index (Phi) is 4.20. The predicted molar refractivity (Wildman–Crippen MR) is 77.5 cm³/mol. The van der Waals surface area contributed by atoms with Crippen molar-refractivity contribution in [2.24, 2.45) is 5.73 Å². The summed E-state index contributed by atoms with van der Waals surface area (Å²) in [6, 6.07) is 5.69. The molecule has 0 aliphatic carbocycles. The summed E-state index contributed by atoms with van der Waals surface area (Å²) in [7, 11) is 0. The van der Waals surface area contributed by atoms with Crippen molar-refractivity contribution in [3.8, 4) is 10.4 Å². The van der Waals surface area contributed by atoms with Gasteiger partial charge in [-0.2, -0.15) is 0 Å². The molecule has 0 saturated carbocycles. The number of carbonyl (C=O) groups is 1. The van der Waals surface area contributed by atoms with Crippen LogP contribution in [0.1, 0.15) is 5.69 Å². The first kappa shape index (κ1) is 14.3. The van der Waals surface area contributed by atoms with Gasteiger partial charge in [0.2, 0.25) is 0 Å². The lowest BCUT2D eigenvalue weighted by atomic mass is 10.1. The molecule has 20 heavy (non-hydrogen) atoms. The van der Waals surface area contributed by atoms with E-state index in [2.05, 4.69) is 9.71 Å². The highest BCUT2D eigenvalue weighted by Crippen LogP contribution is 2.35. The van der Waals surface area contributed by atoms with E-state index in [0.717, 1.165) is 28.1 Å². The van der Waals surface area contributed by atoms with Crippen LogP contribution in [-0.4, -0.2) is 15.9 Å². The summed E-state index contributed by atoms with van der Waals surface area (Å²) in [5.41, 5.74) is 6.47. The molecule has 0 spiro atoms. The average molecular weight is 310 g/mol. The third-order valence-electron chi connectivity index (χ3n) is 2.34.